The average Bonchev–Trinajstić information content (AvgIpc) is 2.38. The lowest BCUT2D eigenvalue weighted by Gasteiger charge is -2.41. The molecule has 1 aromatic rings. The highest BCUT2D eigenvalue weighted by molar-refractivity contribution is 5.16. The molecular formula is C17H26FNO. The first-order valence-corrected chi connectivity index (χ1v) is 7.57. The minimum Gasteiger partial charge on any atom is -0.396 e. The Morgan fingerprint density at radius 1 is 1.45 bits per heavy atom. The molecule has 1 N–H and O–H groups in total. The first-order valence-electron chi connectivity index (χ1n) is 7.57. The second-order valence-electron chi connectivity index (χ2n) is 6.66. The number of aliphatic hydroxyl groups excluding tert-OH is 1. The van der Waals surface area contributed by atoms with E-state index in [0.29, 0.717) is 5.92 Å². The van der Waals surface area contributed by atoms with Gasteiger partial charge in [0.25, 0.3) is 0 Å². The van der Waals surface area contributed by atoms with E-state index in [1.165, 1.54) is 18.9 Å². The lowest BCUT2D eigenvalue weighted by atomic mass is 9.70. The van der Waals surface area contributed by atoms with Crippen LogP contribution in [0.4, 0.5) is 4.39 Å². The van der Waals surface area contributed by atoms with Crippen LogP contribution in [0.2, 0.25) is 0 Å². The van der Waals surface area contributed by atoms with Gasteiger partial charge in [0.1, 0.15) is 5.82 Å². The fourth-order valence-corrected chi connectivity index (χ4v) is 3.68. The summed E-state index contributed by atoms with van der Waals surface area (Å²) in [7, 11) is 2.06. The molecule has 0 spiro atoms. The monoisotopic (exact) mass is 279 g/mol. The lowest BCUT2D eigenvalue weighted by Crippen LogP contribution is -2.41. The molecule has 0 radical (unpaired) electrons. The maximum atomic E-state index is 13.2. The Labute approximate surface area is 121 Å². The zero-order valence-electron chi connectivity index (χ0n) is 12.6. The predicted octanol–water partition coefficient (Wildman–Crippen LogP) is 3.45. The molecule has 0 aromatic heterocycles. The molecule has 1 aliphatic rings. The highest BCUT2D eigenvalue weighted by atomic mass is 19.1. The van der Waals surface area contributed by atoms with Crippen molar-refractivity contribution in [3.63, 3.8) is 0 Å². The van der Waals surface area contributed by atoms with Crippen molar-refractivity contribution in [2.75, 3.05) is 20.2 Å². The Hall–Kier alpha value is -0.930. The summed E-state index contributed by atoms with van der Waals surface area (Å²) >= 11 is 0. The molecule has 1 aliphatic carbocycles. The number of benzene rings is 1. The summed E-state index contributed by atoms with van der Waals surface area (Å²) in [6, 6.07) is 6.77. The molecule has 0 amide bonds. The van der Waals surface area contributed by atoms with Crippen molar-refractivity contribution in [3.8, 4) is 0 Å². The third-order valence-electron chi connectivity index (χ3n) is 4.47. The normalized spacial score (nSPS) is 26.9. The van der Waals surface area contributed by atoms with Crippen molar-refractivity contribution < 1.29 is 9.50 Å². The smallest absolute Gasteiger partial charge is 0.123 e. The summed E-state index contributed by atoms with van der Waals surface area (Å²) in [6.45, 7) is 4.14. The van der Waals surface area contributed by atoms with Crippen LogP contribution in [0.3, 0.4) is 0 Å². The quantitative estimate of drug-likeness (QED) is 0.892. The molecule has 0 heterocycles. The number of hydrogen-bond acceptors (Lipinski definition) is 2. The van der Waals surface area contributed by atoms with E-state index in [1.54, 1.807) is 12.1 Å². The van der Waals surface area contributed by atoms with Crippen LogP contribution in [-0.2, 0) is 6.54 Å². The lowest BCUT2D eigenvalue weighted by molar-refractivity contribution is 0.0290. The molecule has 1 saturated carbocycles. The molecule has 112 valence electrons. The molecule has 2 unspecified atom stereocenters. The van der Waals surface area contributed by atoms with Crippen LogP contribution in [0.15, 0.2) is 24.3 Å². The van der Waals surface area contributed by atoms with E-state index in [9.17, 15) is 9.50 Å². The summed E-state index contributed by atoms with van der Waals surface area (Å²) in [5, 5.41) is 9.83. The molecule has 2 rings (SSSR count). The maximum Gasteiger partial charge on any atom is 0.123 e. The summed E-state index contributed by atoms with van der Waals surface area (Å²) in [5.74, 6) is 0.512. The summed E-state index contributed by atoms with van der Waals surface area (Å²) in [4.78, 5) is 2.21. The van der Waals surface area contributed by atoms with Crippen LogP contribution < -0.4 is 0 Å². The van der Waals surface area contributed by atoms with E-state index in [2.05, 4.69) is 18.9 Å². The van der Waals surface area contributed by atoms with Gasteiger partial charge >= 0.3 is 0 Å². The minimum absolute atomic E-state index is 0.0275. The van der Waals surface area contributed by atoms with Gasteiger partial charge in [0.15, 0.2) is 0 Å². The highest BCUT2D eigenvalue weighted by Crippen LogP contribution is 2.39. The van der Waals surface area contributed by atoms with Crippen molar-refractivity contribution in [1.82, 2.24) is 4.90 Å². The molecule has 0 aliphatic heterocycles. The number of hydrogen-bond donors (Lipinski definition) is 1. The Morgan fingerprint density at radius 2 is 2.25 bits per heavy atom. The van der Waals surface area contributed by atoms with Gasteiger partial charge in [-0.05, 0) is 43.5 Å². The van der Waals surface area contributed by atoms with Crippen LogP contribution >= 0.6 is 0 Å². The van der Waals surface area contributed by atoms with Crippen molar-refractivity contribution in [2.24, 2.45) is 11.3 Å². The van der Waals surface area contributed by atoms with E-state index in [0.717, 1.165) is 31.5 Å². The molecular weight excluding hydrogens is 253 g/mol. The second kappa shape index (κ2) is 6.68. The zero-order chi connectivity index (χ0) is 14.6. The van der Waals surface area contributed by atoms with Crippen LogP contribution in [0, 0.1) is 17.2 Å². The third-order valence-corrected chi connectivity index (χ3v) is 4.47. The van der Waals surface area contributed by atoms with E-state index in [1.807, 2.05) is 6.07 Å². The molecule has 1 aromatic carbocycles. The Kier molecular flexibility index (Phi) is 5.17. The Balaban J connectivity index is 1.97. The number of nitrogens with zero attached hydrogens (tertiary/aromatic N) is 1. The Morgan fingerprint density at radius 3 is 2.90 bits per heavy atom. The molecule has 3 heteroatoms. The number of halogens is 1. The highest BCUT2D eigenvalue weighted by Gasteiger charge is 2.35. The molecule has 2 atom stereocenters. The fourth-order valence-electron chi connectivity index (χ4n) is 3.68. The first-order chi connectivity index (χ1) is 9.53. The third kappa shape index (κ3) is 4.03. The van der Waals surface area contributed by atoms with Crippen LogP contribution in [0.25, 0.3) is 0 Å². The Bertz CT molecular complexity index is 437. The number of rotatable bonds is 5. The first kappa shape index (κ1) is 15.5. The van der Waals surface area contributed by atoms with Gasteiger partial charge in [0.05, 0.1) is 0 Å². The van der Waals surface area contributed by atoms with Gasteiger partial charge in [-0.3, -0.25) is 0 Å². The average molecular weight is 279 g/mol. The SMILES string of the molecule is CC1CCCC(CO)(CN(C)Cc2cccc(F)c2)C1. The number of aliphatic hydroxyl groups is 1. The summed E-state index contributed by atoms with van der Waals surface area (Å²) in [6.07, 6.45) is 4.67. The zero-order valence-corrected chi connectivity index (χ0v) is 12.6. The largest absolute Gasteiger partial charge is 0.396 e. The van der Waals surface area contributed by atoms with Gasteiger partial charge in [-0.25, -0.2) is 4.39 Å². The van der Waals surface area contributed by atoms with Crippen LogP contribution in [-0.4, -0.2) is 30.2 Å². The molecule has 0 bridgehead atoms. The topological polar surface area (TPSA) is 23.5 Å². The van der Waals surface area contributed by atoms with E-state index in [4.69, 9.17) is 0 Å². The molecule has 2 nitrogen and oxygen atoms in total. The van der Waals surface area contributed by atoms with E-state index in [-0.39, 0.29) is 17.8 Å². The van der Waals surface area contributed by atoms with Gasteiger partial charge in [-0.2, -0.15) is 0 Å². The van der Waals surface area contributed by atoms with Crippen molar-refractivity contribution in [3.05, 3.63) is 35.6 Å². The summed E-state index contributed by atoms with van der Waals surface area (Å²) < 4.78 is 13.2. The van der Waals surface area contributed by atoms with Crippen molar-refractivity contribution >= 4 is 0 Å². The van der Waals surface area contributed by atoms with E-state index < -0.39 is 0 Å². The van der Waals surface area contributed by atoms with Gasteiger partial charge in [0.2, 0.25) is 0 Å². The maximum absolute atomic E-state index is 13.2. The van der Waals surface area contributed by atoms with E-state index >= 15 is 0 Å². The predicted molar refractivity (Wildman–Crippen MR) is 79.9 cm³/mol. The van der Waals surface area contributed by atoms with Gasteiger partial charge in [-0.1, -0.05) is 31.9 Å². The molecule has 1 fully saturated rings. The van der Waals surface area contributed by atoms with Gasteiger partial charge < -0.3 is 10.0 Å². The van der Waals surface area contributed by atoms with Crippen molar-refractivity contribution in [2.45, 2.75) is 39.2 Å². The fraction of sp³-hybridized carbons (Fsp3) is 0.647. The van der Waals surface area contributed by atoms with Gasteiger partial charge in [-0.15, -0.1) is 0 Å². The molecule has 20 heavy (non-hydrogen) atoms. The van der Waals surface area contributed by atoms with Crippen molar-refractivity contribution in [1.29, 1.82) is 0 Å². The summed E-state index contributed by atoms with van der Waals surface area (Å²) in [5.41, 5.74) is 1.02. The van der Waals surface area contributed by atoms with Crippen LogP contribution in [0.5, 0.6) is 0 Å². The minimum atomic E-state index is -0.181. The standard InChI is InChI=1S/C17H26FNO/c1-14-5-4-8-17(10-14,13-20)12-19(2)11-15-6-3-7-16(18)9-15/h3,6-7,9,14,20H,4-5,8,10-13H2,1-2H3. The van der Waals surface area contributed by atoms with Crippen LogP contribution in [0.1, 0.15) is 38.2 Å². The molecule has 0 saturated heterocycles. The second-order valence-corrected chi connectivity index (χ2v) is 6.66. The van der Waals surface area contributed by atoms with Gasteiger partial charge in [0, 0.05) is 25.1 Å².